The predicted molar refractivity (Wildman–Crippen MR) is 87.1 cm³/mol. The van der Waals surface area contributed by atoms with Gasteiger partial charge in [0.1, 0.15) is 5.75 Å². The molecule has 100 valence electrons. The third-order valence-corrected chi connectivity index (χ3v) is 4.27. The highest BCUT2D eigenvalue weighted by Gasteiger charge is 2.14. The number of ether oxygens (including phenoxy) is 1. The van der Waals surface area contributed by atoms with Gasteiger partial charge in [-0.1, -0.05) is 50.1 Å². The van der Waals surface area contributed by atoms with Crippen LogP contribution in [0.3, 0.4) is 0 Å². The molecule has 0 spiro atoms. The lowest BCUT2D eigenvalue weighted by molar-refractivity contribution is 0.408. The van der Waals surface area contributed by atoms with Crippen molar-refractivity contribution in [1.82, 2.24) is 0 Å². The summed E-state index contributed by atoms with van der Waals surface area (Å²) >= 11 is 13.4. The van der Waals surface area contributed by atoms with Gasteiger partial charge in [0.2, 0.25) is 0 Å². The molecule has 0 aliphatic carbocycles. The number of alkyl halides is 1. The van der Waals surface area contributed by atoms with Gasteiger partial charge in [0, 0.05) is 14.5 Å². The van der Waals surface area contributed by atoms with E-state index in [2.05, 4.69) is 44.0 Å². The molecular formula is C15H13Br2ClO. The molecule has 0 fully saturated rings. The lowest BCUT2D eigenvalue weighted by Crippen LogP contribution is -1.99. The van der Waals surface area contributed by atoms with Gasteiger partial charge in [0.05, 0.1) is 12.5 Å². The summed E-state index contributed by atoms with van der Waals surface area (Å²) < 4.78 is 7.44. The van der Waals surface area contributed by atoms with E-state index in [9.17, 15) is 0 Å². The molecule has 0 heterocycles. The zero-order valence-corrected chi connectivity index (χ0v) is 14.3. The maximum absolute atomic E-state index is 6.51. The number of methoxy groups -OCH3 is 1. The molecule has 2 rings (SSSR count). The molecule has 0 saturated carbocycles. The molecule has 0 amide bonds. The van der Waals surface area contributed by atoms with Gasteiger partial charge in [-0.2, -0.15) is 0 Å². The Morgan fingerprint density at radius 1 is 1.05 bits per heavy atom. The highest BCUT2D eigenvalue weighted by atomic mass is 79.9. The molecule has 0 aliphatic heterocycles. The van der Waals surface area contributed by atoms with Gasteiger partial charge in [-0.3, -0.25) is 0 Å². The Kier molecular flexibility index (Phi) is 5.31. The Morgan fingerprint density at radius 3 is 2.32 bits per heavy atom. The first-order chi connectivity index (χ1) is 9.10. The zero-order valence-electron chi connectivity index (χ0n) is 10.4. The van der Waals surface area contributed by atoms with E-state index in [4.69, 9.17) is 16.3 Å². The van der Waals surface area contributed by atoms with Gasteiger partial charge in [-0.15, -0.1) is 11.6 Å². The third-order valence-electron chi connectivity index (χ3n) is 2.86. The van der Waals surface area contributed by atoms with Gasteiger partial charge >= 0.3 is 0 Å². The van der Waals surface area contributed by atoms with Crippen LogP contribution in [0.1, 0.15) is 16.5 Å². The van der Waals surface area contributed by atoms with Crippen LogP contribution in [-0.2, 0) is 6.42 Å². The average Bonchev–Trinajstić information content (AvgIpc) is 2.41. The van der Waals surface area contributed by atoms with Crippen LogP contribution in [-0.4, -0.2) is 7.11 Å². The fraction of sp³-hybridized carbons (Fsp3) is 0.200. The van der Waals surface area contributed by atoms with E-state index in [1.807, 2.05) is 30.3 Å². The first-order valence-electron chi connectivity index (χ1n) is 5.82. The molecule has 19 heavy (non-hydrogen) atoms. The summed E-state index contributed by atoms with van der Waals surface area (Å²) in [5.74, 6) is 0.812. The Labute approximate surface area is 135 Å². The zero-order chi connectivity index (χ0) is 13.8. The lowest BCUT2D eigenvalue weighted by atomic mass is 10.0. The normalized spacial score (nSPS) is 12.2. The van der Waals surface area contributed by atoms with Crippen LogP contribution in [0, 0.1) is 0 Å². The third kappa shape index (κ3) is 3.98. The van der Waals surface area contributed by atoms with E-state index < -0.39 is 0 Å². The second kappa shape index (κ2) is 6.78. The SMILES string of the molecule is COc1cc(Br)ccc1C(Cl)Cc1ccc(Br)cc1. The molecule has 0 saturated heterocycles. The van der Waals surface area contributed by atoms with Gasteiger partial charge < -0.3 is 4.74 Å². The van der Waals surface area contributed by atoms with E-state index in [1.54, 1.807) is 7.11 Å². The number of benzene rings is 2. The minimum atomic E-state index is -0.107. The van der Waals surface area contributed by atoms with Crippen molar-refractivity contribution in [3.63, 3.8) is 0 Å². The lowest BCUT2D eigenvalue weighted by Gasteiger charge is -2.14. The molecule has 0 bridgehead atoms. The van der Waals surface area contributed by atoms with Crippen LogP contribution in [0.15, 0.2) is 51.4 Å². The van der Waals surface area contributed by atoms with E-state index in [0.717, 1.165) is 26.7 Å². The fourth-order valence-electron chi connectivity index (χ4n) is 1.88. The molecule has 0 aliphatic rings. The maximum Gasteiger partial charge on any atom is 0.124 e. The fourth-order valence-corrected chi connectivity index (χ4v) is 2.84. The second-order valence-electron chi connectivity index (χ2n) is 4.18. The molecule has 0 radical (unpaired) electrons. The molecule has 1 unspecified atom stereocenters. The van der Waals surface area contributed by atoms with E-state index >= 15 is 0 Å². The van der Waals surface area contributed by atoms with Crippen molar-refractivity contribution in [2.24, 2.45) is 0 Å². The molecule has 1 nitrogen and oxygen atoms in total. The summed E-state index contributed by atoms with van der Waals surface area (Å²) in [6.07, 6.45) is 0.771. The summed E-state index contributed by atoms with van der Waals surface area (Å²) in [6.45, 7) is 0. The molecule has 2 aromatic carbocycles. The van der Waals surface area contributed by atoms with Crippen molar-refractivity contribution >= 4 is 43.5 Å². The minimum Gasteiger partial charge on any atom is -0.496 e. The average molecular weight is 405 g/mol. The molecule has 2 aromatic rings. The van der Waals surface area contributed by atoms with Gasteiger partial charge in [0.25, 0.3) is 0 Å². The summed E-state index contributed by atoms with van der Waals surface area (Å²) in [5.41, 5.74) is 2.21. The predicted octanol–water partition coefficient (Wildman–Crippen LogP) is 5.74. The second-order valence-corrected chi connectivity index (χ2v) is 6.54. The van der Waals surface area contributed by atoms with Crippen LogP contribution in [0.25, 0.3) is 0 Å². The summed E-state index contributed by atoms with van der Waals surface area (Å²) in [7, 11) is 1.66. The van der Waals surface area contributed by atoms with Crippen molar-refractivity contribution < 1.29 is 4.74 Å². The molecule has 4 heteroatoms. The van der Waals surface area contributed by atoms with Crippen molar-refractivity contribution in [3.05, 3.63) is 62.5 Å². The van der Waals surface area contributed by atoms with E-state index in [0.29, 0.717) is 0 Å². The Bertz CT molecular complexity index is 555. The summed E-state index contributed by atoms with van der Waals surface area (Å²) in [4.78, 5) is 0. The first-order valence-corrected chi connectivity index (χ1v) is 7.84. The monoisotopic (exact) mass is 402 g/mol. The Morgan fingerprint density at radius 2 is 1.68 bits per heavy atom. The van der Waals surface area contributed by atoms with E-state index in [1.165, 1.54) is 5.56 Å². The van der Waals surface area contributed by atoms with Crippen LogP contribution in [0.5, 0.6) is 5.75 Å². The van der Waals surface area contributed by atoms with Crippen molar-refractivity contribution in [2.75, 3.05) is 7.11 Å². The van der Waals surface area contributed by atoms with Gasteiger partial charge in [-0.05, 0) is 36.2 Å². The van der Waals surface area contributed by atoms with Crippen molar-refractivity contribution in [3.8, 4) is 5.75 Å². The highest BCUT2D eigenvalue weighted by molar-refractivity contribution is 9.10. The van der Waals surface area contributed by atoms with Crippen LogP contribution < -0.4 is 4.74 Å². The van der Waals surface area contributed by atoms with Crippen LogP contribution in [0.2, 0.25) is 0 Å². The number of hydrogen-bond donors (Lipinski definition) is 0. The Balaban J connectivity index is 2.19. The molecule has 0 N–H and O–H groups in total. The van der Waals surface area contributed by atoms with Gasteiger partial charge in [0.15, 0.2) is 0 Å². The van der Waals surface area contributed by atoms with E-state index in [-0.39, 0.29) is 5.38 Å². The quantitative estimate of drug-likeness (QED) is 0.590. The van der Waals surface area contributed by atoms with Crippen molar-refractivity contribution in [2.45, 2.75) is 11.8 Å². The number of rotatable bonds is 4. The molecule has 0 aromatic heterocycles. The number of halogens is 3. The van der Waals surface area contributed by atoms with Crippen LogP contribution in [0.4, 0.5) is 0 Å². The standard InChI is InChI=1S/C15H13Br2ClO/c1-19-15-9-12(17)6-7-13(15)14(18)8-10-2-4-11(16)5-3-10/h2-7,9,14H,8H2,1H3. The topological polar surface area (TPSA) is 9.23 Å². The summed E-state index contributed by atoms with van der Waals surface area (Å²) in [5, 5.41) is -0.107. The molecule has 1 atom stereocenters. The molecular weight excluding hydrogens is 391 g/mol. The smallest absolute Gasteiger partial charge is 0.124 e. The largest absolute Gasteiger partial charge is 0.496 e. The first kappa shape index (κ1) is 14.9. The number of hydrogen-bond acceptors (Lipinski definition) is 1. The Hall–Kier alpha value is -0.510. The summed E-state index contributed by atoms with van der Waals surface area (Å²) in [6, 6.07) is 14.1. The van der Waals surface area contributed by atoms with Crippen molar-refractivity contribution in [1.29, 1.82) is 0 Å². The van der Waals surface area contributed by atoms with Crippen LogP contribution >= 0.6 is 43.5 Å². The highest BCUT2D eigenvalue weighted by Crippen LogP contribution is 2.34. The minimum absolute atomic E-state index is 0.107. The maximum atomic E-state index is 6.51. The van der Waals surface area contributed by atoms with Gasteiger partial charge in [-0.25, -0.2) is 0 Å².